The third-order valence-electron chi connectivity index (χ3n) is 5.88. The molecule has 0 saturated heterocycles. The van der Waals surface area contributed by atoms with Crippen molar-refractivity contribution in [2.45, 2.75) is 45.6 Å². The first-order chi connectivity index (χ1) is 15.1. The minimum atomic E-state index is -0.115. The molecule has 0 spiro atoms. The van der Waals surface area contributed by atoms with Crippen LogP contribution in [0, 0.1) is 6.92 Å². The van der Waals surface area contributed by atoms with E-state index < -0.39 is 0 Å². The quantitative estimate of drug-likeness (QED) is 0.600. The smallest absolute Gasteiger partial charge is 0.252 e. The number of carbonyl (C=O) groups excluding carboxylic acids is 1. The van der Waals surface area contributed by atoms with Crippen LogP contribution >= 0.6 is 0 Å². The van der Waals surface area contributed by atoms with Gasteiger partial charge >= 0.3 is 0 Å². The molecule has 0 fully saturated rings. The lowest BCUT2D eigenvalue weighted by Gasteiger charge is -2.21. The van der Waals surface area contributed by atoms with Crippen molar-refractivity contribution in [1.82, 2.24) is 30.0 Å². The molecule has 0 bridgehead atoms. The maximum Gasteiger partial charge on any atom is 0.252 e. The molecule has 164 valence electrons. The van der Waals surface area contributed by atoms with Gasteiger partial charge in [0.1, 0.15) is 23.2 Å². The molecule has 1 amide bonds. The van der Waals surface area contributed by atoms with Crippen LogP contribution < -0.4 is 5.32 Å². The van der Waals surface area contributed by atoms with Crippen molar-refractivity contribution in [1.29, 1.82) is 0 Å². The molecule has 0 radical (unpaired) electrons. The number of aromatic nitrogens is 4. The summed E-state index contributed by atoms with van der Waals surface area (Å²) in [5.41, 5.74) is 0.567. The van der Waals surface area contributed by atoms with Crippen LogP contribution in [0.2, 0.25) is 0 Å². The first kappa shape index (κ1) is 21.2. The van der Waals surface area contributed by atoms with Gasteiger partial charge in [-0.3, -0.25) is 9.78 Å². The molecule has 4 rings (SSSR count). The number of furan rings is 1. The molecular formula is C23H30N6O2. The highest BCUT2D eigenvalue weighted by atomic mass is 16.3. The third-order valence-corrected chi connectivity index (χ3v) is 5.88. The van der Waals surface area contributed by atoms with Crippen LogP contribution in [0.25, 0.3) is 0 Å². The van der Waals surface area contributed by atoms with E-state index in [-0.39, 0.29) is 5.91 Å². The summed E-state index contributed by atoms with van der Waals surface area (Å²) in [4.78, 5) is 18.7. The van der Waals surface area contributed by atoms with Crippen molar-refractivity contribution in [2.75, 3.05) is 26.2 Å². The van der Waals surface area contributed by atoms with Crippen LogP contribution in [-0.2, 0) is 19.4 Å². The predicted octanol–water partition coefficient (Wildman–Crippen LogP) is 2.60. The maximum atomic E-state index is 12.2. The molecule has 0 aromatic carbocycles. The van der Waals surface area contributed by atoms with Crippen molar-refractivity contribution in [2.24, 2.45) is 0 Å². The summed E-state index contributed by atoms with van der Waals surface area (Å²) in [5.74, 6) is 4.30. The molecule has 1 atom stereocenters. The lowest BCUT2D eigenvalue weighted by Crippen LogP contribution is -2.29. The van der Waals surface area contributed by atoms with Crippen LogP contribution in [0.3, 0.4) is 0 Å². The molecule has 1 aliphatic rings. The van der Waals surface area contributed by atoms with E-state index in [0.29, 0.717) is 24.4 Å². The van der Waals surface area contributed by atoms with Crippen LogP contribution in [0.4, 0.5) is 0 Å². The molecule has 8 nitrogen and oxygen atoms in total. The van der Waals surface area contributed by atoms with Gasteiger partial charge in [-0.2, -0.15) is 0 Å². The molecule has 31 heavy (non-hydrogen) atoms. The van der Waals surface area contributed by atoms with Gasteiger partial charge in [0.25, 0.3) is 5.91 Å². The fourth-order valence-corrected chi connectivity index (χ4v) is 3.96. The minimum Gasteiger partial charge on any atom is -0.466 e. The number of hydrogen-bond donors (Lipinski definition) is 1. The second kappa shape index (κ2) is 9.87. The van der Waals surface area contributed by atoms with Gasteiger partial charge in [0.05, 0.1) is 5.56 Å². The monoisotopic (exact) mass is 422 g/mol. The Kier molecular flexibility index (Phi) is 6.76. The Morgan fingerprint density at radius 2 is 2.13 bits per heavy atom. The van der Waals surface area contributed by atoms with Gasteiger partial charge in [0.2, 0.25) is 0 Å². The highest BCUT2D eigenvalue weighted by Crippen LogP contribution is 2.22. The Hall–Kier alpha value is -3.00. The summed E-state index contributed by atoms with van der Waals surface area (Å²) in [5, 5.41) is 11.7. The van der Waals surface area contributed by atoms with E-state index in [1.54, 1.807) is 24.5 Å². The molecule has 0 unspecified atom stereocenters. The molecular weight excluding hydrogens is 392 g/mol. The Morgan fingerprint density at radius 3 is 2.90 bits per heavy atom. The van der Waals surface area contributed by atoms with E-state index >= 15 is 0 Å². The van der Waals surface area contributed by atoms with Crippen molar-refractivity contribution in [3.8, 4) is 0 Å². The highest BCUT2D eigenvalue weighted by Gasteiger charge is 2.20. The lowest BCUT2D eigenvalue weighted by molar-refractivity contribution is 0.0953. The Labute approximate surface area is 182 Å². The normalized spacial score (nSPS) is 15.3. The highest BCUT2D eigenvalue weighted by molar-refractivity contribution is 5.93. The number of amides is 1. The van der Waals surface area contributed by atoms with Crippen LogP contribution in [0.15, 0.2) is 41.1 Å². The van der Waals surface area contributed by atoms with Crippen LogP contribution in [-0.4, -0.2) is 56.7 Å². The van der Waals surface area contributed by atoms with Gasteiger partial charge in [-0.25, -0.2) is 0 Å². The molecule has 1 aliphatic heterocycles. The van der Waals surface area contributed by atoms with Crippen molar-refractivity contribution in [3.05, 3.63) is 65.4 Å². The molecule has 3 aromatic heterocycles. The average molecular weight is 423 g/mol. The topological polar surface area (TPSA) is 89.1 Å². The van der Waals surface area contributed by atoms with E-state index in [0.717, 1.165) is 62.2 Å². The summed E-state index contributed by atoms with van der Waals surface area (Å²) < 4.78 is 7.99. The average Bonchev–Trinajstić information content (AvgIpc) is 3.33. The Bertz CT molecular complexity index is 997. The minimum absolute atomic E-state index is 0.115. The van der Waals surface area contributed by atoms with Crippen LogP contribution in [0.5, 0.6) is 0 Å². The lowest BCUT2D eigenvalue weighted by atomic mass is 10.0. The zero-order chi connectivity index (χ0) is 21.6. The number of nitrogens with zero attached hydrogens (tertiary/aromatic N) is 5. The fraction of sp³-hybridized carbons (Fsp3) is 0.478. The zero-order valence-electron chi connectivity index (χ0n) is 18.3. The summed E-state index contributed by atoms with van der Waals surface area (Å²) in [7, 11) is 0. The number of aryl methyl sites for hydroxylation is 1. The SMILES string of the molecule is Cc1ccc([C@H](C)CCN2CCc3nnc(CCNC(=O)c4cccnc4)n3CC2)o1. The standard InChI is InChI=1S/C23H30N6O2/c1-17(20-6-5-18(2)31-20)8-12-28-13-9-22-27-26-21(29(22)15-14-28)7-11-25-23(30)19-4-3-10-24-16-19/h3-6,10,16-17H,7-9,11-15H2,1-2H3,(H,25,30)/t17-/m1/s1. The fourth-order valence-electron chi connectivity index (χ4n) is 3.96. The van der Waals surface area contributed by atoms with Gasteiger partial charge in [0, 0.05) is 57.3 Å². The summed E-state index contributed by atoms with van der Waals surface area (Å²) in [6, 6.07) is 7.64. The molecule has 3 aromatic rings. The largest absolute Gasteiger partial charge is 0.466 e. The van der Waals surface area contributed by atoms with Crippen molar-refractivity contribution < 1.29 is 9.21 Å². The van der Waals surface area contributed by atoms with Crippen molar-refractivity contribution >= 4 is 5.91 Å². The Morgan fingerprint density at radius 1 is 1.23 bits per heavy atom. The van der Waals surface area contributed by atoms with Gasteiger partial charge in [-0.15, -0.1) is 10.2 Å². The second-order valence-corrected chi connectivity index (χ2v) is 8.16. The van der Waals surface area contributed by atoms with E-state index in [4.69, 9.17) is 4.42 Å². The maximum absolute atomic E-state index is 12.2. The predicted molar refractivity (Wildman–Crippen MR) is 117 cm³/mol. The van der Waals surface area contributed by atoms with Crippen molar-refractivity contribution in [3.63, 3.8) is 0 Å². The van der Waals surface area contributed by atoms with E-state index in [1.807, 2.05) is 13.0 Å². The van der Waals surface area contributed by atoms with Gasteiger partial charge in [-0.05, 0) is 44.2 Å². The second-order valence-electron chi connectivity index (χ2n) is 8.16. The van der Waals surface area contributed by atoms with E-state index in [9.17, 15) is 4.79 Å². The summed E-state index contributed by atoms with van der Waals surface area (Å²) in [6.07, 6.45) is 5.85. The van der Waals surface area contributed by atoms with E-state index in [2.05, 4.69) is 43.0 Å². The number of rotatable bonds is 8. The van der Waals surface area contributed by atoms with Crippen LogP contribution in [0.1, 0.15) is 52.8 Å². The first-order valence-electron chi connectivity index (χ1n) is 11.0. The van der Waals surface area contributed by atoms with Gasteiger partial charge in [0.15, 0.2) is 0 Å². The molecule has 1 N–H and O–H groups in total. The number of carbonyl (C=O) groups is 1. The number of hydrogen-bond acceptors (Lipinski definition) is 6. The molecule has 0 saturated carbocycles. The van der Waals surface area contributed by atoms with Gasteiger partial charge < -0.3 is 19.2 Å². The Balaban J connectivity index is 1.26. The molecule has 4 heterocycles. The zero-order valence-corrected chi connectivity index (χ0v) is 18.3. The number of fused-ring (bicyclic) bond motifs is 1. The summed E-state index contributed by atoms with van der Waals surface area (Å²) in [6.45, 7) is 8.61. The third kappa shape index (κ3) is 5.38. The number of pyridine rings is 1. The number of nitrogens with one attached hydrogen (secondary N) is 1. The molecule has 0 aliphatic carbocycles. The van der Waals surface area contributed by atoms with Gasteiger partial charge in [-0.1, -0.05) is 6.92 Å². The molecule has 8 heteroatoms. The van der Waals surface area contributed by atoms with E-state index in [1.165, 1.54) is 0 Å². The summed E-state index contributed by atoms with van der Waals surface area (Å²) >= 11 is 0. The first-order valence-corrected chi connectivity index (χ1v) is 11.0.